The van der Waals surface area contributed by atoms with Gasteiger partial charge in [0.2, 0.25) is 5.25 Å². The van der Waals surface area contributed by atoms with E-state index in [4.69, 9.17) is 4.74 Å². The first-order valence-corrected chi connectivity index (χ1v) is 11.6. The zero-order valence-corrected chi connectivity index (χ0v) is 18.3. The second-order valence-corrected chi connectivity index (χ2v) is 9.21. The third-order valence-electron chi connectivity index (χ3n) is 5.35. The highest BCUT2D eigenvalue weighted by Crippen LogP contribution is 2.43. The fourth-order valence-electron chi connectivity index (χ4n) is 3.82. The van der Waals surface area contributed by atoms with Crippen molar-refractivity contribution in [2.75, 3.05) is 10.7 Å². The number of hydrogen-bond acceptors (Lipinski definition) is 4. The summed E-state index contributed by atoms with van der Waals surface area (Å²) in [4.78, 5) is 25.8. The lowest BCUT2D eigenvalue weighted by atomic mass is 9.92. The first-order chi connectivity index (χ1) is 15.4. The van der Waals surface area contributed by atoms with Crippen LogP contribution in [-0.4, -0.2) is 27.4 Å². The van der Waals surface area contributed by atoms with Crippen LogP contribution in [0, 0.1) is 5.82 Å². The summed E-state index contributed by atoms with van der Waals surface area (Å²) in [5.41, 5.74) is 2.37. The molecule has 3 aromatic carbocycles. The van der Waals surface area contributed by atoms with Gasteiger partial charge in [-0.1, -0.05) is 42.5 Å². The Bertz CT molecular complexity index is 1090. The van der Waals surface area contributed by atoms with E-state index in [2.05, 4.69) is 0 Å². The molecule has 1 fully saturated rings. The summed E-state index contributed by atoms with van der Waals surface area (Å²) in [7, 11) is 0. The van der Waals surface area contributed by atoms with Gasteiger partial charge in [-0.3, -0.25) is 14.5 Å². The Hall–Kier alpha value is -3.16. The number of nitrogens with zero attached hydrogens (tertiary/aromatic N) is 1. The molecule has 0 radical (unpaired) electrons. The largest absolute Gasteiger partial charge is 0.616 e. The molecule has 1 saturated heterocycles. The van der Waals surface area contributed by atoms with E-state index in [9.17, 15) is 18.5 Å². The molecular formula is C25H22FNO4S. The first-order valence-electron chi connectivity index (χ1n) is 10.2. The number of carbonyl (C=O) groups excluding carboxylic acids is 2. The van der Waals surface area contributed by atoms with Crippen molar-refractivity contribution in [2.45, 2.75) is 24.6 Å². The molecule has 0 aromatic heterocycles. The van der Waals surface area contributed by atoms with Crippen molar-refractivity contribution >= 4 is 28.7 Å². The lowest BCUT2D eigenvalue weighted by Gasteiger charge is -2.46. The van der Waals surface area contributed by atoms with Crippen molar-refractivity contribution in [3.8, 4) is 5.75 Å². The van der Waals surface area contributed by atoms with Gasteiger partial charge in [-0.25, -0.2) is 4.39 Å². The zero-order chi connectivity index (χ0) is 22.7. The molecule has 1 heterocycles. The van der Waals surface area contributed by atoms with E-state index in [0.29, 0.717) is 23.6 Å². The second-order valence-electron chi connectivity index (χ2n) is 7.53. The van der Waals surface area contributed by atoms with Gasteiger partial charge in [0.05, 0.1) is 0 Å². The quantitative estimate of drug-likeness (QED) is 0.234. The van der Waals surface area contributed by atoms with Crippen molar-refractivity contribution in [1.29, 1.82) is 0 Å². The predicted molar refractivity (Wildman–Crippen MR) is 121 cm³/mol. The topological polar surface area (TPSA) is 69.7 Å². The molecule has 1 unspecified atom stereocenters. The van der Waals surface area contributed by atoms with Crippen LogP contribution >= 0.6 is 0 Å². The van der Waals surface area contributed by atoms with Gasteiger partial charge in [-0.05, 0) is 58.7 Å². The fraction of sp³-hybridized carbons (Fsp3) is 0.200. The number of amides is 1. The number of rotatable bonds is 7. The predicted octanol–water partition coefficient (Wildman–Crippen LogP) is 4.20. The smallest absolute Gasteiger partial charge is 0.308 e. The summed E-state index contributed by atoms with van der Waals surface area (Å²) in [6, 6.07) is 21.7. The summed E-state index contributed by atoms with van der Waals surface area (Å²) in [5, 5.41) is -0.705. The Morgan fingerprint density at radius 1 is 1.03 bits per heavy atom. The first kappa shape index (κ1) is 22.0. The normalized spacial score (nSPS) is 18.7. The maximum Gasteiger partial charge on any atom is 0.308 e. The van der Waals surface area contributed by atoms with Crippen LogP contribution in [0.2, 0.25) is 0 Å². The number of benzene rings is 3. The van der Waals surface area contributed by atoms with E-state index < -0.39 is 34.3 Å². The number of halogens is 1. The van der Waals surface area contributed by atoms with Gasteiger partial charge in [0.1, 0.15) is 23.4 Å². The van der Waals surface area contributed by atoms with Crippen LogP contribution in [0.15, 0.2) is 78.9 Å². The summed E-state index contributed by atoms with van der Waals surface area (Å²) >= 11 is -1.40. The Kier molecular flexibility index (Phi) is 6.58. The molecule has 0 N–H and O–H groups in total. The van der Waals surface area contributed by atoms with Crippen molar-refractivity contribution < 1.29 is 23.3 Å². The van der Waals surface area contributed by atoms with Crippen LogP contribution in [-0.2, 0) is 27.2 Å². The molecule has 1 aliphatic heterocycles. The maximum absolute atomic E-state index is 13.4. The molecule has 3 atom stereocenters. The highest BCUT2D eigenvalue weighted by atomic mass is 32.2. The molecule has 3 aromatic rings. The van der Waals surface area contributed by atoms with Crippen LogP contribution in [0.25, 0.3) is 0 Å². The summed E-state index contributed by atoms with van der Waals surface area (Å²) in [5.74, 6) is -0.324. The number of hydrogen-bond donors (Lipinski definition) is 0. The van der Waals surface area contributed by atoms with Crippen molar-refractivity contribution in [1.82, 2.24) is 0 Å². The van der Waals surface area contributed by atoms with Crippen molar-refractivity contribution in [2.24, 2.45) is 0 Å². The van der Waals surface area contributed by atoms with Crippen LogP contribution in [0.1, 0.15) is 24.1 Å². The molecule has 32 heavy (non-hydrogen) atoms. The van der Waals surface area contributed by atoms with E-state index in [1.54, 1.807) is 29.2 Å². The molecule has 0 spiro atoms. The van der Waals surface area contributed by atoms with Gasteiger partial charge >= 0.3 is 5.97 Å². The van der Waals surface area contributed by atoms with E-state index in [1.165, 1.54) is 31.2 Å². The van der Waals surface area contributed by atoms with Crippen LogP contribution < -0.4 is 9.64 Å². The Morgan fingerprint density at radius 2 is 1.69 bits per heavy atom. The SMILES string of the molecule is CC(=O)Oc1ccc([C@@H]2[C@H]([S+]([O-])CCc3ccccc3)C(=O)N2c2ccc(F)cc2)cc1. The molecule has 0 saturated carbocycles. The maximum atomic E-state index is 13.4. The Labute approximate surface area is 189 Å². The van der Waals surface area contributed by atoms with E-state index in [0.717, 1.165) is 11.1 Å². The van der Waals surface area contributed by atoms with Crippen molar-refractivity contribution in [3.05, 3.63) is 95.8 Å². The fourth-order valence-corrected chi connectivity index (χ4v) is 5.42. The van der Waals surface area contributed by atoms with Gasteiger partial charge in [0.25, 0.3) is 5.91 Å². The summed E-state index contributed by atoms with van der Waals surface area (Å²) < 4.78 is 31.7. The van der Waals surface area contributed by atoms with E-state index in [1.807, 2.05) is 30.3 Å². The van der Waals surface area contributed by atoms with Gasteiger partial charge in [0.15, 0.2) is 0 Å². The van der Waals surface area contributed by atoms with Gasteiger partial charge in [-0.2, -0.15) is 0 Å². The average molecular weight is 452 g/mol. The highest BCUT2D eigenvalue weighted by Gasteiger charge is 2.56. The van der Waals surface area contributed by atoms with E-state index >= 15 is 0 Å². The standard InChI is InChI=1S/C25H22FNO4S/c1-17(28)31-22-13-7-19(8-14-22)23-24(32(30)16-15-18-5-3-2-4-6-18)25(29)27(23)21-11-9-20(26)10-12-21/h2-14,23-24H,15-16H2,1H3/t23-,24+,32?/m1/s1. The number of β-lactam (4-membered cyclic amide) rings is 1. The van der Waals surface area contributed by atoms with Gasteiger partial charge in [0, 0.05) is 19.0 Å². The monoisotopic (exact) mass is 451 g/mol. The Balaban J connectivity index is 1.59. The summed E-state index contributed by atoms with van der Waals surface area (Å²) in [6.45, 7) is 1.32. The molecule has 4 rings (SSSR count). The molecule has 5 nitrogen and oxygen atoms in total. The number of anilines is 1. The van der Waals surface area contributed by atoms with E-state index in [-0.39, 0.29) is 5.91 Å². The minimum atomic E-state index is -1.40. The average Bonchev–Trinajstić information content (AvgIpc) is 2.78. The van der Waals surface area contributed by atoms with Crippen molar-refractivity contribution in [3.63, 3.8) is 0 Å². The minimum Gasteiger partial charge on any atom is -0.616 e. The van der Waals surface area contributed by atoms with Crippen LogP contribution in [0.4, 0.5) is 10.1 Å². The zero-order valence-electron chi connectivity index (χ0n) is 17.4. The summed E-state index contributed by atoms with van der Waals surface area (Å²) in [6.07, 6.45) is 0.603. The molecule has 1 aliphatic rings. The molecular weight excluding hydrogens is 429 g/mol. The highest BCUT2D eigenvalue weighted by molar-refractivity contribution is 7.93. The lowest BCUT2D eigenvalue weighted by molar-refractivity contribution is -0.131. The molecule has 164 valence electrons. The number of ether oxygens (including phenoxy) is 1. The molecule has 0 aliphatic carbocycles. The second kappa shape index (κ2) is 9.54. The minimum absolute atomic E-state index is 0.253. The third kappa shape index (κ3) is 4.69. The Morgan fingerprint density at radius 3 is 2.31 bits per heavy atom. The molecule has 1 amide bonds. The third-order valence-corrected chi connectivity index (χ3v) is 6.98. The number of carbonyl (C=O) groups is 2. The lowest BCUT2D eigenvalue weighted by Crippen LogP contribution is -2.62. The van der Waals surface area contributed by atoms with Crippen LogP contribution in [0.3, 0.4) is 0 Å². The van der Waals surface area contributed by atoms with Gasteiger partial charge < -0.3 is 9.29 Å². The molecule has 7 heteroatoms. The number of aryl methyl sites for hydroxylation is 1. The molecule has 0 bridgehead atoms. The van der Waals surface area contributed by atoms with Crippen LogP contribution in [0.5, 0.6) is 5.75 Å². The number of esters is 1. The van der Waals surface area contributed by atoms with Gasteiger partial charge in [-0.15, -0.1) is 0 Å².